The summed E-state index contributed by atoms with van der Waals surface area (Å²) in [4.78, 5) is 24.9. The van der Waals surface area contributed by atoms with Crippen LogP contribution in [0.4, 0.5) is 5.69 Å². The first-order chi connectivity index (χ1) is 14.5. The number of nitrogens with zero attached hydrogens (tertiary/aromatic N) is 1. The first kappa shape index (κ1) is 20.0. The fourth-order valence-corrected chi connectivity index (χ4v) is 3.48. The molecule has 0 atom stereocenters. The summed E-state index contributed by atoms with van der Waals surface area (Å²) in [6.07, 6.45) is 1.55. The van der Waals surface area contributed by atoms with Gasteiger partial charge in [-0.3, -0.25) is 15.0 Å². The van der Waals surface area contributed by atoms with Crippen LogP contribution in [0.1, 0.15) is 11.1 Å². The molecular formula is C23H16Cl2N2O3. The average molecular weight is 439 g/mol. The second-order valence-electron chi connectivity index (χ2n) is 6.53. The van der Waals surface area contributed by atoms with Crippen molar-refractivity contribution in [3.63, 3.8) is 0 Å². The summed E-state index contributed by atoms with van der Waals surface area (Å²) < 4.78 is 5.75. The molecule has 0 radical (unpaired) electrons. The van der Waals surface area contributed by atoms with E-state index in [1.807, 2.05) is 6.07 Å². The van der Waals surface area contributed by atoms with E-state index >= 15 is 0 Å². The second kappa shape index (κ2) is 8.61. The molecule has 150 valence electrons. The van der Waals surface area contributed by atoms with E-state index in [0.717, 1.165) is 0 Å². The summed E-state index contributed by atoms with van der Waals surface area (Å²) in [6, 6.07) is 21.2. The molecule has 0 aliphatic carbocycles. The minimum atomic E-state index is -0.447. The molecule has 0 aromatic heterocycles. The summed E-state index contributed by atoms with van der Waals surface area (Å²) in [5, 5.41) is 2.31. The van der Waals surface area contributed by atoms with Gasteiger partial charge < -0.3 is 4.74 Å². The average Bonchev–Trinajstić information content (AvgIpc) is 3.03. The Morgan fingerprint density at radius 2 is 1.53 bits per heavy atom. The number of carbonyl (C=O) groups excluding carboxylic acids is 2. The van der Waals surface area contributed by atoms with Crippen LogP contribution in [-0.4, -0.2) is 11.8 Å². The highest BCUT2D eigenvalue weighted by atomic mass is 35.5. The third-order valence-electron chi connectivity index (χ3n) is 4.54. The van der Waals surface area contributed by atoms with E-state index in [-0.39, 0.29) is 12.2 Å². The Labute approximate surface area is 183 Å². The van der Waals surface area contributed by atoms with Crippen LogP contribution in [0.5, 0.6) is 5.75 Å². The molecule has 3 aromatic rings. The van der Waals surface area contributed by atoms with Crippen LogP contribution < -0.4 is 15.2 Å². The first-order valence-electron chi connectivity index (χ1n) is 9.11. The standard InChI is InChI=1S/C23H16Cl2N2O3/c24-20-7-4-8-21(25)19(20)14-30-17-11-9-15(10-12-17)13-18-22(28)26-27(23(18)29)16-5-2-1-3-6-16/h1-13H,14H2,(H,26,28). The molecular weight excluding hydrogens is 423 g/mol. The third-order valence-corrected chi connectivity index (χ3v) is 5.25. The fraction of sp³-hybridized carbons (Fsp3) is 0.0435. The predicted molar refractivity (Wildman–Crippen MR) is 117 cm³/mol. The van der Waals surface area contributed by atoms with Crippen LogP contribution in [0.25, 0.3) is 6.08 Å². The molecule has 0 spiro atoms. The minimum absolute atomic E-state index is 0.0652. The molecule has 0 saturated carbocycles. The van der Waals surface area contributed by atoms with Crippen molar-refractivity contribution in [3.8, 4) is 5.75 Å². The Kier molecular flexibility index (Phi) is 5.74. The van der Waals surface area contributed by atoms with Crippen molar-refractivity contribution >= 4 is 46.8 Å². The SMILES string of the molecule is O=C1NN(c2ccccc2)C(=O)C1=Cc1ccc(OCc2c(Cl)cccc2Cl)cc1. The molecule has 1 fully saturated rings. The van der Waals surface area contributed by atoms with Crippen molar-refractivity contribution in [2.45, 2.75) is 6.61 Å². The van der Waals surface area contributed by atoms with Crippen molar-refractivity contribution in [1.29, 1.82) is 0 Å². The molecule has 7 heteroatoms. The van der Waals surface area contributed by atoms with Crippen molar-refractivity contribution in [1.82, 2.24) is 5.43 Å². The summed E-state index contributed by atoms with van der Waals surface area (Å²) >= 11 is 12.3. The number of amides is 2. The molecule has 0 bridgehead atoms. The quantitative estimate of drug-likeness (QED) is 0.448. The van der Waals surface area contributed by atoms with Gasteiger partial charge in [0.15, 0.2) is 0 Å². The fourth-order valence-electron chi connectivity index (χ4n) is 2.97. The highest BCUT2D eigenvalue weighted by molar-refractivity contribution is 6.36. The van der Waals surface area contributed by atoms with Gasteiger partial charge in [-0.05, 0) is 48.0 Å². The molecule has 1 saturated heterocycles. The lowest BCUT2D eigenvalue weighted by Crippen LogP contribution is -2.35. The van der Waals surface area contributed by atoms with Crippen LogP contribution in [0, 0.1) is 0 Å². The van der Waals surface area contributed by atoms with Gasteiger partial charge in [0.05, 0.1) is 5.69 Å². The number of rotatable bonds is 5. The number of hydrogen-bond donors (Lipinski definition) is 1. The topological polar surface area (TPSA) is 58.6 Å². The zero-order valence-corrected chi connectivity index (χ0v) is 17.2. The molecule has 4 rings (SSSR count). The number of halogens is 2. The van der Waals surface area contributed by atoms with Crippen LogP contribution in [0.3, 0.4) is 0 Å². The molecule has 1 heterocycles. The number of para-hydroxylation sites is 1. The lowest BCUT2D eigenvalue weighted by atomic mass is 10.1. The number of hydrogen-bond acceptors (Lipinski definition) is 3. The molecule has 1 N–H and O–H groups in total. The lowest BCUT2D eigenvalue weighted by Gasteiger charge is -2.13. The molecule has 5 nitrogen and oxygen atoms in total. The van der Waals surface area contributed by atoms with Gasteiger partial charge >= 0.3 is 0 Å². The van der Waals surface area contributed by atoms with E-state index in [2.05, 4.69) is 5.43 Å². The maximum Gasteiger partial charge on any atom is 0.282 e. The van der Waals surface area contributed by atoms with E-state index in [4.69, 9.17) is 27.9 Å². The van der Waals surface area contributed by atoms with Gasteiger partial charge in [0.1, 0.15) is 17.9 Å². The number of benzene rings is 3. The number of ether oxygens (including phenoxy) is 1. The largest absolute Gasteiger partial charge is 0.489 e. The Morgan fingerprint density at radius 3 is 2.20 bits per heavy atom. The Hall–Kier alpha value is -3.28. The van der Waals surface area contributed by atoms with Crippen molar-refractivity contribution in [3.05, 3.63) is 99.5 Å². The maximum absolute atomic E-state index is 12.6. The van der Waals surface area contributed by atoms with Crippen molar-refractivity contribution in [2.75, 3.05) is 5.01 Å². The van der Waals surface area contributed by atoms with E-state index < -0.39 is 11.8 Å². The van der Waals surface area contributed by atoms with Crippen molar-refractivity contribution < 1.29 is 14.3 Å². The molecule has 0 unspecified atom stereocenters. The van der Waals surface area contributed by atoms with Crippen LogP contribution in [0.15, 0.2) is 78.4 Å². The van der Waals surface area contributed by atoms with Crippen LogP contribution in [0.2, 0.25) is 10.0 Å². The smallest absolute Gasteiger partial charge is 0.282 e. The zero-order valence-electron chi connectivity index (χ0n) is 15.6. The monoisotopic (exact) mass is 438 g/mol. The zero-order chi connectivity index (χ0) is 21.1. The molecule has 2 amide bonds. The van der Waals surface area contributed by atoms with Gasteiger partial charge in [0.2, 0.25) is 0 Å². The predicted octanol–water partition coefficient (Wildman–Crippen LogP) is 5.03. The van der Waals surface area contributed by atoms with Gasteiger partial charge in [0, 0.05) is 15.6 Å². The van der Waals surface area contributed by atoms with Crippen LogP contribution in [-0.2, 0) is 16.2 Å². The van der Waals surface area contributed by atoms with Gasteiger partial charge in [-0.2, -0.15) is 0 Å². The summed E-state index contributed by atoms with van der Waals surface area (Å²) in [6.45, 7) is 0.228. The normalized spacial score (nSPS) is 14.9. The summed E-state index contributed by atoms with van der Waals surface area (Å²) in [5.41, 5.74) is 4.65. The van der Waals surface area contributed by atoms with E-state index in [9.17, 15) is 9.59 Å². The molecule has 3 aromatic carbocycles. The number of anilines is 1. The van der Waals surface area contributed by atoms with Gasteiger partial charge in [-0.1, -0.05) is 59.6 Å². The Bertz CT molecular complexity index is 1110. The number of hydrazine groups is 1. The third kappa shape index (κ3) is 4.17. The summed E-state index contributed by atoms with van der Waals surface area (Å²) in [5.74, 6) is -0.237. The number of nitrogens with one attached hydrogen (secondary N) is 1. The lowest BCUT2D eigenvalue weighted by molar-refractivity contribution is -0.117. The Morgan fingerprint density at radius 1 is 0.867 bits per heavy atom. The van der Waals surface area contributed by atoms with Gasteiger partial charge in [0.25, 0.3) is 11.8 Å². The van der Waals surface area contributed by atoms with Crippen LogP contribution >= 0.6 is 23.2 Å². The minimum Gasteiger partial charge on any atom is -0.489 e. The van der Waals surface area contributed by atoms with Gasteiger partial charge in [-0.25, -0.2) is 5.01 Å². The highest BCUT2D eigenvalue weighted by Crippen LogP contribution is 2.26. The van der Waals surface area contributed by atoms with Gasteiger partial charge in [-0.15, -0.1) is 0 Å². The second-order valence-corrected chi connectivity index (χ2v) is 7.35. The molecule has 30 heavy (non-hydrogen) atoms. The summed E-state index contributed by atoms with van der Waals surface area (Å²) in [7, 11) is 0. The van der Waals surface area contributed by atoms with Crippen molar-refractivity contribution in [2.24, 2.45) is 0 Å². The van der Waals surface area contributed by atoms with E-state index in [1.54, 1.807) is 72.8 Å². The Balaban J connectivity index is 1.47. The highest BCUT2D eigenvalue weighted by Gasteiger charge is 2.34. The number of carbonyl (C=O) groups is 2. The molecule has 1 aliphatic rings. The van der Waals surface area contributed by atoms with E-state index in [1.165, 1.54) is 5.01 Å². The first-order valence-corrected chi connectivity index (χ1v) is 9.86. The van der Waals surface area contributed by atoms with E-state index in [0.29, 0.717) is 32.6 Å². The maximum atomic E-state index is 12.6. The molecule has 1 aliphatic heterocycles.